The Kier molecular flexibility index (Phi) is 8.07. The van der Waals surface area contributed by atoms with Crippen LogP contribution in [0.2, 0.25) is 0 Å². The average Bonchev–Trinajstić information content (AvgIpc) is 2.42. The summed E-state index contributed by atoms with van der Waals surface area (Å²) in [6.45, 7) is 9.25. The smallest absolute Gasteiger partial charge is 0.211 e. The first-order valence-corrected chi connectivity index (χ1v) is 9.81. The molecule has 0 aromatic carbocycles. The number of hydrogen-bond acceptors (Lipinski definition) is 3. The van der Waals surface area contributed by atoms with Crippen LogP contribution in [0, 0.1) is 5.92 Å². The van der Waals surface area contributed by atoms with Gasteiger partial charge < -0.3 is 0 Å². The van der Waals surface area contributed by atoms with Gasteiger partial charge >= 0.3 is 0 Å². The molecular formula is C15H32N2O2S. The van der Waals surface area contributed by atoms with E-state index in [0.717, 1.165) is 32.4 Å². The number of rotatable bonds is 9. The van der Waals surface area contributed by atoms with E-state index in [1.807, 2.05) is 6.92 Å². The molecule has 0 radical (unpaired) electrons. The van der Waals surface area contributed by atoms with Crippen LogP contribution in [0.3, 0.4) is 0 Å². The Morgan fingerprint density at radius 1 is 1.15 bits per heavy atom. The molecule has 0 aromatic heterocycles. The first-order chi connectivity index (χ1) is 9.44. The molecule has 0 aromatic rings. The van der Waals surface area contributed by atoms with Crippen LogP contribution >= 0.6 is 0 Å². The van der Waals surface area contributed by atoms with Crippen molar-refractivity contribution in [2.45, 2.75) is 65.3 Å². The molecule has 0 amide bonds. The second-order valence-corrected chi connectivity index (χ2v) is 8.33. The minimum Gasteiger partial charge on any atom is -0.299 e. The Hall–Kier alpha value is -0.130. The maximum Gasteiger partial charge on any atom is 0.211 e. The monoisotopic (exact) mass is 304 g/mol. The predicted molar refractivity (Wildman–Crippen MR) is 85.4 cm³/mol. The van der Waals surface area contributed by atoms with E-state index in [1.54, 1.807) is 0 Å². The fourth-order valence-electron chi connectivity index (χ4n) is 2.82. The van der Waals surface area contributed by atoms with Crippen LogP contribution in [-0.4, -0.2) is 44.7 Å². The molecule has 1 aliphatic heterocycles. The molecule has 4 nitrogen and oxygen atoms in total. The van der Waals surface area contributed by atoms with Crippen molar-refractivity contribution in [1.29, 1.82) is 0 Å². The van der Waals surface area contributed by atoms with Gasteiger partial charge in [0.1, 0.15) is 0 Å². The zero-order valence-electron chi connectivity index (χ0n) is 13.4. The highest BCUT2D eigenvalue weighted by Crippen LogP contribution is 2.17. The highest BCUT2D eigenvalue weighted by atomic mass is 32.2. The van der Waals surface area contributed by atoms with Crippen LogP contribution in [0.15, 0.2) is 0 Å². The van der Waals surface area contributed by atoms with E-state index in [-0.39, 0.29) is 5.75 Å². The van der Waals surface area contributed by atoms with E-state index in [9.17, 15) is 8.42 Å². The molecule has 5 heteroatoms. The van der Waals surface area contributed by atoms with Gasteiger partial charge in [-0.1, -0.05) is 33.6 Å². The molecule has 0 aliphatic carbocycles. The summed E-state index contributed by atoms with van der Waals surface area (Å²) >= 11 is 0. The molecule has 1 N–H and O–H groups in total. The van der Waals surface area contributed by atoms with E-state index < -0.39 is 10.0 Å². The molecule has 20 heavy (non-hydrogen) atoms. The highest BCUT2D eigenvalue weighted by Gasteiger charge is 2.23. The Balaban J connectivity index is 2.51. The third kappa shape index (κ3) is 7.04. The normalized spacial score (nSPS) is 19.4. The second-order valence-electron chi connectivity index (χ2n) is 6.40. The molecule has 1 saturated heterocycles. The summed E-state index contributed by atoms with van der Waals surface area (Å²) in [7, 11) is -3.09. The van der Waals surface area contributed by atoms with Crippen LogP contribution in [-0.2, 0) is 10.0 Å². The number of unbranched alkanes of at least 4 members (excludes halogenated alkanes) is 1. The van der Waals surface area contributed by atoms with Crippen LogP contribution in [0.25, 0.3) is 0 Å². The first kappa shape index (κ1) is 17.9. The number of likely N-dealkylation sites (tertiary alicyclic amines) is 1. The van der Waals surface area contributed by atoms with Crippen LogP contribution in [0.5, 0.6) is 0 Å². The van der Waals surface area contributed by atoms with Crippen molar-refractivity contribution in [3.8, 4) is 0 Å². The lowest BCUT2D eigenvalue weighted by molar-refractivity contribution is 0.146. The lowest BCUT2D eigenvalue weighted by Crippen LogP contribution is -2.47. The second kappa shape index (κ2) is 9.00. The maximum absolute atomic E-state index is 11.9. The minimum absolute atomic E-state index is 0.262. The van der Waals surface area contributed by atoms with E-state index in [2.05, 4.69) is 23.5 Å². The van der Waals surface area contributed by atoms with Gasteiger partial charge in [-0.15, -0.1) is 0 Å². The molecule has 1 heterocycles. The van der Waals surface area contributed by atoms with Gasteiger partial charge in [-0.2, -0.15) is 0 Å². The SMILES string of the molecule is CCCCS(=O)(=O)NCC(CC(C)C)N1CCCCC1. The van der Waals surface area contributed by atoms with Crippen molar-refractivity contribution in [2.75, 3.05) is 25.4 Å². The number of piperidine rings is 1. The van der Waals surface area contributed by atoms with Crippen molar-refractivity contribution in [3.05, 3.63) is 0 Å². The third-order valence-corrected chi connectivity index (χ3v) is 5.39. The Bertz CT molecular complexity index is 349. The summed E-state index contributed by atoms with van der Waals surface area (Å²) in [4.78, 5) is 2.48. The highest BCUT2D eigenvalue weighted by molar-refractivity contribution is 7.89. The molecule has 0 saturated carbocycles. The molecule has 120 valence electrons. The zero-order chi connectivity index (χ0) is 15.0. The summed E-state index contributed by atoms with van der Waals surface area (Å²) in [5, 5.41) is 0. The van der Waals surface area contributed by atoms with Gasteiger partial charge in [0.2, 0.25) is 10.0 Å². The quantitative estimate of drug-likeness (QED) is 0.712. The van der Waals surface area contributed by atoms with Crippen molar-refractivity contribution in [1.82, 2.24) is 9.62 Å². The summed E-state index contributed by atoms with van der Waals surface area (Å²) in [6, 6.07) is 0.353. The number of hydrogen-bond donors (Lipinski definition) is 1. The summed E-state index contributed by atoms with van der Waals surface area (Å²) in [6.07, 6.45) is 6.54. The van der Waals surface area contributed by atoms with Crippen LogP contribution in [0.4, 0.5) is 0 Å². The van der Waals surface area contributed by atoms with Crippen molar-refractivity contribution < 1.29 is 8.42 Å². The molecule has 1 atom stereocenters. The standard InChI is InChI=1S/C15H32N2O2S/c1-4-5-11-20(18,19)16-13-15(12-14(2)3)17-9-7-6-8-10-17/h14-16H,4-13H2,1-3H3. The van der Waals surface area contributed by atoms with Crippen LogP contribution in [0.1, 0.15) is 59.3 Å². The lowest BCUT2D eigenvalue weighted by Gasteiger charge is -2.35. The van der Waals surface area contributed by atoms with Gasteiger partial charge in [-0.3, -0.25) is 4.90 Å². The van der Waals surface area contributed by atoms with Gasteiger partial charge in [-0.05, 0) is 44.7 Å². The molecule has 1 fully saturated rings. The number of nitrogens with one attached hydrogen (secondary N) is 1. The van der Waals surface area contributed by atoms with Crippen molar-refractivity contribution >= 4 is 10.0 Å². The fraction of sp³-hybridized carbons (Fsp3) is 1.00. The Labute approximate surface area is 125 Å². The molecule has 1 rings (SSSR count). The van der Waals surface area contributed by atoms with Crippen LogP contribution < -0.4 is 4.72 Å². The van der Waals surface area contributed by atoms with Gasteiger partial charge in [0, 0.05) is 12.6 Å². The topological polar surface area (TPSA) is 49.4 Å². The molecule has 1 unspecified atom stereocenters. The van der Waals surface area contributed by atoms with E-state index in [1.165, 1.54) is 19.3 Å². The number of sulfonamides is 1. The average molecular weight is 305 g/mol. The van der Waals surface area contributed by atoms with E-state index >= 15 is 0 Å². The summed E-state index contributed by atoms with van der Waals surface area (Å²) in [5.74, 6) is 0.861. The van der Waals surface area contributed by atoms with Gasteiger partial charge in [0.15, 0.2) is 0 Å². The van der Waals surface area contributed by atoms with Gasteiger partial charge in [-0.25, -0.2) is 13.1 Å². The fourth-order valence-corrected chi connectivity index (χ4v) is 4.08. The Morgan fingerprint density at radius 3 is 2.35 bits per heavy atom. The largest absolute Gasteiger partial charge is 0.299 e. The molecular weight excluding hydrogens is 272 g/mol. The Morgan fingerprint density at radius 2 is 1.80 bits per heavy atom. The van der Waals surface area contributed by atoms with Crippen molar-refractivity contribution in [2.24, 2.45) is 5.92 Å². The summed E-state index contributed by atoms with van der Waals surface area (Å²) in [5.41, 5.74) is 0. The minimum atomic E-state index is -3.09. The third-order valence-electron chi connectivity index (χ3n) is 3.96. The zero-order valence-corrected chi connectivity index (χ0v) is 14.2. The van der Waals surface area contributed by atoms with E-state index in [4.69, 9.17) is 0 Å². The molecule has 1 aliphatic rings. The predicted octanol–water partition coefficient (Wildman–Crippen LogP) is 2.61. The van der Waals surface area contributed by atoms with Gasteiger partial charge in [0.05, 0.1) is 5.75 Å². The maximum atomic E-state index is 11.9. The molecule has 0 bridgehead atoms. The van der Waals surface area contributed by atoms with Gasteiger partial charge in [0.25, 0.3) is 0 Å². The molecule has 0 spiro atoms. The summed E-state index contributed by atoms with van der Waals surface area (Å²) < 4.78 is 26.7. The lowest BCUT2D eigenvalue weighted by atomic mass is 10.00. The van der Waals surface area contributed by atoms with E-state index in [0.29, 0.717) is 18.5 Å². The number of nitrogens with zero attached hydrogens (tertiary/aromatic N) is 1. The van der Waals surface area contributed by atoms with Crippen molar-refractivity contribution in [3.63, 3.8) is 0 Å². The first-order valence-electron chi connectivity index (χ1n) is 8.16.